The van der Waals surface area contributed by atoms with E-state index in [1.807, 2.05) is 18.2 Å². The summed E-state index contributed by atoms with van der Waals surface area (Å²) in [6.07, 6.45) is 4.45. The summed E-state index contributed by atoms with van der Waals surface area (Å²) in [6, 6.07) is 15.0. The van der Waals surface area contributed by atoms with Gasteiger partial charge in [-0.15, -0.1) is 0 Å². The lowest BCUT2D eigenvalue weighted by Crippen LogP contribution is -2.47. The first-order valence-electron chi connectivity index (χ1n) is 12.0. The molecule has 1 aliphatic carbocycles. The number of rotatable bonds is 7. The van der Waals surface area contributed by atoms with Gasteiger partial charge in [-0.3, -0.25) is 10.00 Å². The third kappa shape index (κ3) is 4.35. The molecule has 180 valence electrons. The molecule has 1 aliphatic heterocycles. The lowest BCUT2D eigenvalue weighted by molar-refractivity contribution is 0.248. The van der Waals surface area contributed by atoms with Crippen molar-refractivity contribution in [1.82, 2.24) is 25.1 Å². The highest BCUT2D eigenvalue weighted by atomic mass is 16.5. The van der Waals surface area contributed by atoms with Crippen LogP contribution in [0.1, 0.15) is 12.8 Å². The normalized spacial score (nSPS) is 16.5. The average molecular weight is 472 g/mol. The highest BCUT2D eigenvalue weighted by Gasteiger charge is 2.31. The summed E-state index contributed by atoms with van der Waals surface area (Å²) in [7, 11) is 3.27. The van der Waals surface area contributed by atoms with Crippen LogP contribution in [0.4, 0.5) is 17.2 Å². The number of aromatic amines is 1. The van der Waals surface area contributed by atoms with Crippen molar-refractivity contribution in [3.63, 3.8) is 0 Å². The number of hydrogen-bond donors (Lipinski definition) is 2. The minimum atomic E-state index is 0.530. The Hall–Kier alpha value is -3.85. The predicted octanol–water partition coefficient (Wildman–Crippen LogP) is 4.07. The Morgan fingerprint density at radius 1 is 0.943 bits per heavy atom. The van der Waals surface area contributed by atoms with Gasteiger partial charge in [0, 0.05) is 43.6 Å². The smallest absolute Gasteiger partial charge is 0.166 e. The second-order valence-corrected chi connectivity index (χ2v) is 9.02. The Morgan fingerprint density at radius 3 is 2.46 bits per heavy atom. The average Bonchev–Trinajstić information content (AvgIpc) is 3.65. The number of nitrogens with zero attached hydrogens (tertiary/aromatic N) is 5. The molecule has 4 aromatic rings. The molecule has 0 spiro atoms. The summed E-state index contributed by atoms with van der Waals surface area (Å²) in [4.78, 5) is 14.6. The minimum absolute atomic E-state index is 0.530. The van der Waals surface area contributed by atoms with E-state index in [0.717, 1.165) is 49.0 Å². The predicted molar refractivity (Wildman–Crippen MR) is 137 cm³/mol. The lowest BCUT2D eigenvalue weighted by Gasteiger charge is -2.36. The topological polar surface area (TPSA) is 91.4 Å². The van der Waals surface area contributed by atoms with E-state index in [1.54, 1.807) is 20.4 Å². The van der Waals surface area contributed by atoms with Crippen LogP contribution in [0.3, 0.4) is 0 Å². The summed E-state index contributed by atoms with van der Waals surface area (Å²) < 4.78 is 11.0. The molecule has 6 rings (SSSR count). The van der Waals surface area contributed by atoms with Crippen molar-refractivity contribution in [2.75, 3.05) is 50.6 Å². The first-order valence-corrected chi connectivity index (χ1v) is 12.0. The van der Waals surface area contributed by atoms with E-state index in [9.17, 15) is 0 Å². The zero-order chi connectivity index (χ0) is 23.8. The van der Waals surface area contributed by atoms with E-state index in [1.165, 1.54) is 18.5 Å². The maximum absolute atomic E-state index is 5.56. The van der Waals surface area contributed by atoms with Gasteiger partial charge in [0.1, 0.15) is 22.5 Å². The first kappa shape index (κ1) is 21.7. The number of aromatic nitrogens is 4. The van der Waals surface area contributed by atoms with Crippen LogP contribution in [0.2, 0.25) is 0 Å². The van der Waals surface area contributed by atoms with Gasteiger partial charge in [0.25, 0.3) is 0 Å². The van der Waals surface area contributed by atoms with Gasteiger partial charge in [-0.1, -0.05) is 0 Å². The minimum Gasteiger partial charge on any atom is -0.497 e. The SMILES string of the molecule is COc1ccc(OC)c(-c2nc(Nc3ccc(N4CCN(C5CC5)CC4)cc3)c3[nH]ncc3n2)c1. The summed E-state index contributed by atoms with van der Waals surface area (Å²) in [5.74, 6) is 2.56. The molecule has 2 fully saturated rings. The summed E-state index contributed by atoms with van der Waals surface area (Å²) in [6.45, 7) is 4.46. The molecule has 0 unspecified atom stereocenters. The second-order valence-electron chi connectivity index (χ2n) is 9.02. The number of piperazine rings is 1. The second kappa shape index (κ2) is 9.07. The Kier molecular flexibility index (Phi) is 5.61. The fraction of sp³-hybridized carbons (Fsp3) is 0.346. The number of fused-ring (bicyclic) bond motifs is 1. The van der Waals surface area contributed by atoms with E-state index in [2.05, 4.69) is 49.6 Å². The highest BCUT2D eigenvalue weighted by molar-refractivity contribution is 5.89. The number of nitrogens with one attached hydrogen (secondary N) is 2. The van der Waals surface area contributed by atoms with Crippen LogP contribution in [0.5, 0.6) is 11.5 Å². The monoisotopic (exact) mass is 471 g/mol. The molecule has 2 N–H and O–H groups in total. The molecule has 2 aliphatic rings. The molecule has 9 nitrogen and oxygen atoms in total. The van der Waals surface area contributed by atoms with Crippen LogP contribution in [-0.4, -0.2) is 71.5 Å². The van der Waals surface area contributed by atoms with Crippen LogP contribution in [0.25, 0.3) is 22.4 Å². The summed E-state index contributed by atoms with van der Waals surface area (Å²) in [5, 5.41) is 10.6. The molecule has 1 saturated carbocycles. The maximum Gasteiger partial charge on any atom is 0.166 e. The van der Waals surface area contributed by atoms with E-state index in [-0.39, 0.29) is 0 Å². The number of ether oxygens (including phenoxy) is 2. The summed E-state index contributed by atoms with van der Waals surface area (Å²) >= 11 is 0. The van der Waals surface area contributed by atoms with Gasteiger partial charge in [0.2, 0.25) is 0 Å². The number of H-pyrrole nitrogens is 1. The van der Waals surface area contributed by atoms with Gasteiger partial charge in [-0.2, -0.15) is 5.10 Å². The third-order valence-electron chi connectivity index (χ3n) is 6.82. The zero-order valence-corrected chi connectivity index (χ0v) is 20.0. The Labute approximate surface area is 204 Å². The van der Waals surface area contributed by atoms with E-state index in [4.69, 9.17) is 19.4 Å². The standard InChI is InChI=1S/C26H29N7O2/c1-34-20-9-10-23(35-2)21(15-20)25-29-22-16-27-31-24(22)26(30-25)28-17-3-5-18(6-4-17)32-11-13-33(14-12-32)19-7-8-19/h3-6,9-10,15-16,19H,7-8,11-14H2,1-2H3,(H,27,31)(H,28,29,30). The molecular formula is C26H29N7O2. The third-order valence-corrected chi connectivity index (χ3v) is 6.82. The van der Waals surface area contributed by atoms with Crippen LogP contribution in [0.15, 0.2) is 48.7 Å². The van der Waals surface area contributed by atoms with Gasteiger partial charge in [0.05, 0.1) is 26.0 Å². The molecule has 3 heterocycles. The molecule has 0 atom stereocenters. The van der Waals surface area contributed by atoms with Crippen molar-refractivity contribution in [2.45, 2.75) is 18.9 Å². The molecule has 2 aromatic carbocycles. The van der Waals surface area contributed by atoms with Crippen molar-refractivity contribution in [1.29, 1.82) is 0 Å². The molecule has 1 saturated heterocycles. The molecular weight excluding hydrogens is 442 g/mol. The van der Waals surface area contributed by atoms with Crippen molar-refractivity contribution in [3.8, 4) is 22.9 Å². The van der Waals surface area contributed by atoms with Crippen molar-refractivity contribution < 1.29 is 9.47 Å². The van der Waals surface area contributed by atoms with Gasteiger partial charge in [-0.25, -0.2) is 9.97 Å². The number of anilines is 3. The van der Waals surface area contributed by atoms with Crippen LogP contribution < -0.4 is 19.7 Å². The van der Waals surface area contributed by atoms with Crippen LogP contribution in [0, 0.1) is 0 Å². The fourth-order valence-corrected chi connectivity index (χ4v) is 4.72. The molecule has 0 bridgehead atoms. The Morgan fingerprint density at radius 2 is 1.74 bits per heavy atom. The quantitative estimate of drug-likeness (QED) is 0.417. The fourth-order valence-electron chi connectivity index (χ4n) is 4.72. The van der Waals surface area contributed by atoms with Gasteiger partial charge >= 0.3 is 0 Å². The first-order chi connectivity index (χ1) is 17.2. The molecule has 9 heteroatoms. The Bertz CT molecular complexity index is 1330. The number of benzene rings is 2. The van der Waals surface area contributed by atoms with Crippen molar-refractivity contribution in [2.24, 2.45) is 0 Å². The van der Waals surface area contributed by atoms with Crippen molar-refractivity contribution in [3.05, 3.63) is 48.7 Å². The zero-order valence-electron chi connectivity index (χ0n) is 20.0. The molecule has 35 heavy (non-hydrogen) atoms. The number of methoxy groups -OCH3 is 2. The lowest BCUT2D eigenvalue weighted by atomic mass is 10.1. The van der Waals surface area contributed by atoms with Crippen LogP contribution >= 0.6 is 0 Å². The summed E-state index contributed by atoms with van der Waals surface area (Å²) in [5.41, 5.74) is 4.41. The van der Waals surface area contributed by atoms with E-state index < -0.39 is 0 Å². The number of hydrogen-bond acceptors (Lipinski definition) is 8. The van der Waals surface area contributed by atoms with E-state index >= 15 is 0 Å². The maximum atomic E-state index is 5.56. The largest absolute Gasteiger partial charge is 0.497 e. The molecule has 2 aromatic heterocycles. The van der Waals surface area contributed by atoms with Gasteiger partial charge in [-0.05, 0) is 55.3 Å². The molecule has 0 radical (unpaired) electrons. The van der Waals surface area contributed by atoms with E-state index in [0.29, 0.717) is 28.7 Å². The Balaban J connectivity index is 1.26. The van der Waals surface area contributed by atoms with Gasteiger partial charge in [0.15, 0.2) is 11.6 Å². The highest BCUT2D eigenvalue weighted by Crippen LogP contribution is 2.34. The van der Waals surface area contributed by atoms with Gasteiger partial charge < -0.3 is 19.7 Å². The van der Waals surface area contributed by atoms with Crippen LogP contribution in [-0.2, 0) is 0 Å². The van der Waals surface area contributed by atoms with Crippen molar-refractivity contribution >= 4 is 28.2 Å². The molecule has 0 amide bonds.